The first kappa shape index (κ1) is 17.6. The normalized spacial score (nSPS) is 34.7. The van der Waals surface area contributed by atoms with E-state index >= 15 is 0 Å². The molecule has 2 aliphatic rings. The summed E-state index contributed by atoms with van der Waals surface area (Å²) in [5, 5.41) is 20.4. The Morgan fingerprint density at radius 1 is 0.769 bits per heavy atom. The van der Waals surface area contributed by atoms with E-state index in [0.29, 0.717) is 0 Å². The van der Waals surface area contributed by atoms with Crippen LogP contribution in [0.15, 0.2) is 60.7 Å². The smallest absolute Gasteiger partial charge is 0.184 e. The number of benzene rings is 2. The van der Waals surface area contributed by atoms with Crippen molar-refractivity contribution in [2.45, 2.75) is 37.0 Å². The van der Waals surface area contributed by atoms with E-state index in [1.54, 1.807) is 0 Å². The Balaban J connectivity index is 1.59. The Labute approximate surface area is 151 Å². The van der Waals surface area contributed by atoms with Gasteiger partial charge in [-0.3, -0.25) is 0 Å². The predicted octanol–water partition coefficient (Wildman–Crippen LogP) is 1.94. The van der Waals surface area contributed by atoms with Gasteiger partial charge in [-0.25, -0.2) is 0 Å². The summed E-state index contributed by atoms with van der Waals surface area (Å²) in [6.07, 6.45) is -4.18. The minimum Gasteiger partial charge on any atom is -0.394 e. The summed E-state index contributed by atoms with van der Waals surface area (Å²) in [6, 6.07) is 18.9. The summed E-state index contributed by atoms with van der Waals surface area (Å²) < 4.78 is 23.7. The van der Waals surface area contributed by atoms with Crippen molar-refractivity contribution in [2.24, 2.45) is 0 Å². The molecule has 2 aromatic carbocycles. The van der Waals surface area contributed by atoms with Gasteiger partial charge in [-0.1, -0.05) is 60.7 Å². The highest BCUT2D eigenvalue weighted by Gasteiger charge is 2.47. The number of hydrogen-bond acceptors (Lipinski definition) is 6. The Bertz CT molecular complexity index is 656. The minimum atomic E-state index is -0.891. The minimum absolute atomic E-state index is 0.0698. The number of rotatable bonds is 3. The molecule has 6 heteroatoms. The van der Waals surface area contributed by atoms with E-state index in [-0.39, 0.29) is 13.2 Å². The van der Waals surface area contributed by atoms with E-state index in [1.165, 1.54) is 0 Å². The van der Waals surface area contributed by atoms with Gasteiger partial charge in [-0.05, 0) is 0 Å². The molecule has 6 nitrogen and oxygen atoms in total. The maximum Gasteiger partial charge on any atom is 0.184 e. The summed E-state index contributed by atoms with van der Waals surface area (Å²) in [5.41, 5.74) is 1.66. The molecule has 0 aromatic heterocycles. The summed E-state index contributed by atoms with van der Waals surface area (Å²) in [5.74, 6) is 0. The fourth-order valence-corrected chi connectivity index (χ4v) is 3.34. The van der Waals surface area contributed by atoms with Crippen LogP contribution in [-0.4, -0.2) is 47.8 Å². The van der Waals surface area contributed by atoms with E-state index in [0.717, 1.165) is 11.1 Å². The SMILES string of the molecule is OC[C@@H]1OC(c2ccccc2)O[C@@H]2[C@H]1OC(c1ccccc1)OC[C@H]2O. The molecule has 2 aromatic rings. The number of hydrogen-bond donors (Lipinski definition) is 2. The van der Waals surface area contributed by atoms with Gasteiger partial charge < -0.3 is 29.2 Å². The highest BCUT2D eigenvalue weighted by Crippen LogP contribution is 2.37. The lowest BCUT2D eigenvalue weighted by Gasteiger charge is -2.41. The third kappa shape index (κ3) is 3.53. The summed E-state index contributed by atoms with van der Waals surface area (Å²) >= 11 is 0. The van der Waals surface area contributed by atoms with Crippen LogP contribution >= 0.6 is 0 Å². The zero-order chi connectivity index (χ0) is 17.9. The second-order valence-electron chi connectivity index (χ2n) is 6.44. The van der Waals surface area contributed by atoms with Crippen LogP contribution in [0.25, 0.3) is 0 Å². The first-order valence-electron chi connectivity index (χ1n) is 8.73. The van der Waals surface area contributed by atoms with Gasteiger partial charge in [0.2, 0.25) is 0 Å². The number of aliphatic hydroxyl groups is 2. The van der Waals surface area contributed by atoms with E-state index in [1.807, 2.05) is 60.7 Å². The number of ether oxygens (including phenoxy) is 4. The quantitative estimate of drug-likeness (QED) is 0.873. The van der Waals surface area contributed by atoms with Crippen LogP contribution < -0.4 is 0 Å². The lowest BCUT2D eigenvalue weighted by Crippen LogP contribution is -2.54. The summed E-state index contributed by atoms with van der Waals surface area (Å²) in [7, 11) is 0. The van der Waals surface area contributed by atoms with E-state index in [9.17, 15) is 10.2 Å². The molecule has 2 aliphatic heterocycles. The summed E-state index contributed by atoms with van der Waals surface area (Å²) in [4.78, 5) is 0. The van der Waals surface area contributed by atoms with E-state index in [2.05, 4.69) is 0 Å². The highest BCUT2D eigenvalue weighted by atomic mass is 16.8. The van der Waals surface area contributed by atoms with Crippen molar-refractivity contribution in [3.8, 4) is 0 Å². The molecule has 0 amide bonds. The second-order valence-corrected chi connectivity index (χ2v) is 6.44. The van der Waals surface area contributed by atoms with Crippen LogP contribution in [0.1, 0.15) is 23.7 Å². The molecule has 2 heterocycles. The maximum atomic E-state index is 10.6. The Hall–Kier alpha value is -1.80. The third-order valence-corrected chi connectivity index (χ3v) is 4.67. The first-order chi connectivity index (χ1) is 12.8. The van der Waals surface area contributed by atoms with Crippen LogP contribution in [0.2, 0.25) is 0 Å². The molecule has 0 radical (unpaired) electrons. The highest BCUT2D eigenvalue weighted by molar-refractivity contribution is 5.18. The number of fused-ring (bicyclic) bond motifs is 1. The molecule has 138 valence electrons. The van der Waals surface area contributed by atoms with Crippen molar-refractivity contribution >= 4 is 0 Å². The average molecular weight is 358 g/mol. The van der Waals surface area contributed by atoms with E-state index in [4.69, 9.17) is 18.9 Å². The first-order valence-corrected chi connectivity index (χ1v) is 8.73. The molecular formula is C20H22O6. The van der Waals surface area contributed by atoms with Crippen LogP contribution in [0, 0.1) is 0 Å². The summed E-state index contributed by atoms with van der Waals surface area (Å²) in [6.45, 7) is -0.178. The molecule has 0 spiro atoms. The van der Waals surface area contributed by atoms with Crippen molar-refractivity contribution in [3.05, 3.63) is 71.8 Å². The van der Waals surface area contributed by atoms with Crippen molar-refractivity contribution in [1.29, 1.82) is 0 Å². The van der Waals surface area contributed by atoms with Crippen LogP contribution in [0.3, 0.4) is 0 Å². The Kier molecular flexibility index (Phi) is 5.31. The predicted molar refractivity (Wildman–Crippen MR) is 92.0 cm³/mol. The van der Waals surface area contributed by atoms with Gasteiger partial charge in [0.1, 0.15) is 24.4 Å². The molecule has 2 N–H and O–H groups in total. The standard InChI is InChI=1S/C20H22O6/c21-11-16-18-17(25-20(24-16)14-9-5-2-6-10-14)15(22)12-23-19(26-18)13-7-3-1-4-8-13/h1-10,15-22H,11-12H2/t15-,16+,17+,18+,19?,20?/m1/s1. The lowest BCUT2D eigenvalue weighted by molar-refractivity contribution is -0.322. The van der Waals surface area contributed by atoms with Gasteiger partial charge in [0, 0.05) is 11.1 Å². The van der Waals surface area contributed by atoms with Gasteiger partial charge >= 0.3 is 0 Å². The third-order valence-electron chi connectivity index (χ3n) is 4.67. The molecule has 2 unspecified atom stereocenters. The van der Waals surface area contributed by atoms with E-state index < -0.39 is 37.0 Å². The maximum absolute atomic E-state index is 10.6. The van der Waals surface area contributed by atoms with Crippen molar-refractivity contribution in [3.63, 3.8) is 0 Å². The zero-order valence-corrected chi connectivity index (χ0v) is 14.2. The van der Waals surface area contributed by atoms with Gasteiger partial charge in [0.15, 0.2) is 12.6 Å². The topological polar surface area (TPSA) is 77.4 Å². The Morgan fingerprint density at radius 3 is 1.96 bits per heavy atom. The second kappa shape index (κ2) is 7.84. The lowest BCUT2D eigenvalue weighted by atomic mass is 10.0. The molecule has 26 heavy (non-hydrogen) atoms. The molecule has 0 saturated carbocycles. The van der Waals surface area contributed by atoms with Gasteiger partial charge in [-0.2, -0.15) is 0 Å². The molecule has 0 aliphatic carbocycles. The van der Waals surface area contributed by atoms with Gasteiger partial charge in [0.25, 0.3) is 0 Å². The van der Waals surface area contributed by atoms with Crippen LogP contribution in [0.5, 0.6) is 0 Å². The van der Waals surface area contributed by atoms with Gasteiger partial charge in [-0.15, -0.1) is 0 Å². The fraction of sp³-hybridized carbons (Fsp3) is 0.400. The van der Waals surface area contributed by atoms with Gasteiger partial charge in [0.05, 0.1) is 13.2 Å². The molecule has 2 fully saturated rings. The molecule has 6 atom stereocenters. The van der Waals surface area contributed by atoms with Crippen molar-refractivity contribution < 1.29 is 29.2 Å². The average Bonchev–Trinajstić information content (AvgIpc) is 2.88. The molecule has 2 saturated heterocycles. The molecule has 0 bridgehead atoms. The fourth-order valence-electron chi connectivity index (χ4n) is 3.34. The largest absolute Gasteiger partial charge is 0.394 e. The number of aliphatic hydroxyl groups excluding tert-OH is 2. The zero-order valence-electron chi connectivity index (χ0n) is 14.2. The molecule has 4 rings (SSSR count). The van der Waals surface area contributed by atoms with Crippen LogP contribution in [0.4, 0.5) is 0 Å². The monoisotopic (exact) mass is 358 g/mol. The van der Waals surface area contributed by atoms with Crippen LogP contribution in [-0.2, 0) is 18.9 Å². The molecular weight excluding hydrogens is 336 g/mol. The Morgan fingerprint density at radius 2 is 1.35 bits per heavy atom. The van der Waals surface area contributed by atoms with Crippen molar-refractivity contribution in [2.75, 3.05) is 13.2 Å². The van der Waals surface area contributed by atoms with Crippen molar-refractivity contribution in [1.82, 2.24) is 0 Å².